The summed E-state index contributed by atoms with van der Waals surface area (Å²) in [6.45, 7) is 0.760. The zero-order valence-electron chi connectivity index (χ0n) is 14.4. The minimum absolute atomic E-state index is 0.101. The Hall–Kier alpha value is -2.41. The summed E-state index contributed by atoms with van der Waals surface area (Å²) in [4.78, 5) is 38.9. The minimum Gasteiger partial charge on any atom is -0.351 e. The molecular formula is C19H21N3O3S. The first kappa shape index (κ1) is 17.0. The van der Waals surface area contributed by atoms with Crippen LogP contribution < -0.4 is 10.6 Å². The van der Waals surface area contributed by atoms with Crippen molar-refractivity contribution in [3.8, 4) is 0 Å². The molecule has 2 aromatic rings. The van der Waals surface area contributed by atoms with Crippen LogP contribution in [0.1, 0.15) is 41.8 Å². The van der Waals surface area contributed by atoms with Gasteiger partial charge in [-0.3, -0.25) is 14.5 Å². The molecule has 6 nitrogen and oxygen atoms in total. The van der Waals surface area contributed by atoms with Gasteiger partial charge in [-0.15, -0.1) is 11.3 Å². The number of hydrogen-bond donors (Lipinski definition) is 2. The summed E-state index contributed by atoms with van der Waals surface area (Å²) >= 11 is 1.46. The van der Waals surface area contributed by atoms with Crippen molar-refractivity contribution in [2.45, 2.75) is 37.6 Å². The van der Waals surface area contributed by atoms with Crippen LogP contribution in [-0.2, 0) is 4.79 Å². The highest BCUT2D eigenvalue weighted by Gasteiger charge is 2.51. The van der Waals surface area contributed by atoms with Crippen molar-refractivity contribution < 1.29 is 14.4 Å². The average molecular weight is 371 g/mol. The zero-order chi connectivity index (χ0) is 18.1. The van der Waals surface area contributed by atoms with Gasteiger partial charge in [-0.05, 0) is 36.8 Å². The van der Waals surface area contributed by atoms with Crippen LogP contribution in [-0.4, -0.2) is 41.4 Å². The lowest BCUT2D eigenvalue weighted by molar-refractivity contribution is -0.131. The Labute approximate surface area is 155 Å². The third-order valence-corrected chi connectivity index (χ3v) is 6.31. The van der Waals surface area contributed by atoms with E-state index in [1.165, 1.54) is 16.2 Å². The number of urea groups is 1. The third-order valence-electron chi connectivity index (χ3n) is 5.20. The van der Waals surface area contributed by atoms with Crippen molar-refractivity contribution in [2.75, 3.05) is 13.1 Å². The lowest BCUT2D eigenvalue weighted by atomic mass is 9.98. The predicted molar refractivity (Wildman–Crippen MR) is 100 cm³/mol. The fraction of sp³-hybridized carbons (Fsp3) is 0.421. The van der Waals surface area contributed by atoms with Crippen LogP contribution in [0.15, 0.2) is 30.3 Å². The molecule has 4 rings (SSSR count). The maximum absolute atomic E-state index is 12.5. The van der Waals surface area contributed by atoms with E-state index in [0.717, 1.165) is 35.8 Å². The lowest BCUT2D eigenvalue weighted by Gasteiger charge is -2.20. The van der Waals surface area contributed by atoms with Crippen LogP contribution in [0.5, 0.6) is 0 Å². The molecule has 1 aliphatic carbocycles. The number of hydrogen-bond acceptors (Lipinski definition) is 4. The molecular weight excluding hydrogens is 350 g/mol. The molecule has 4 amide bonds. The van der Waals surface area contributed by atoms with Crippen molar-refractivity contribution in [3.05, 3.63) is 35.2 Å². The number of carbonyl (C=O) groups excluding carboxylic acids is 3. The van der Waals surface area contributed by atoms with Crippen molar-refractivity contribution in [1.82, 2.24) is 15.5 Å². The van der Waals surface area contributed by atoms with Crippen LogP contribution >= 0.6 is 11.3 Å². The molecule has 7 heteroatoms. The van der Waals surface area contributed by atoms with Crippen molar-refractivity contribution in [2.24, 2.45) is 0 Å². The number of nitrogens with zero attached hydrogens (tertiary/aromatic N) is 1. The van der Waals surface area contributed by atoms with E-state index in [9.17, 15) is 14.4 Å². The van der Waals surface area contributed by atoms with Gasteiger partial charge in [0, 0.05) is 17.8 Å². The Bertz CT molecular complexity index is 837. The quantitative estimate of drug-likeness (QED) is 0.627. The van der Waals surface area contributed by atoms with Gasteiger partial charge in [-0.2, -0.15) is 0 Å². The van der Waals surface area contributed by atoms with Crippen LogP contribution in [0.2, 0.25) is 0 Å². The molecule has 2 N–H and O–H groups in total. The maximum Gasteiger partial charge on any atom is 0.325 e. The van der Waals surface area contributed by atoms with E-state index in [0.29, 0.717) is 24.4 Å². The second-order valence-electron chi connectivity index (χ2n) is 6.93. The monoisotopic (exact) mass is 371 g/mol. The van der Waals surface area contributed by atoms with E-state index in [1.807, 2.05) is 30.3 Å². The SMILES string of the molecule is O=C(NCCCN1C(=O)NC2(CCCC2)C1=O)c1cc2ccccc2s1. The van der Waals surface area contributed by atoms with E-state index in [1.54, 1.807) is 0 Å². The molecule has 0 unspecified atom stereocenters. The highest BCUT2D eigenvalue weighted by atomic mass is 32.1. The Morgan fingerprint density at radius 2 is 2.00 bits per heavy atom. The Morgan fingerprint density at radius 3 is 2.77 bits per heavy atom. The van der Waals surface area contributed by atoms with Gasteiger partial charge < -0.3 is 10.6 Å². The number of benzene rings is 1. The minimum atomic E-state index is -0.655. The molecule has 0 bridgehead atoms. The molecule has 0 atom stereocenters. The van der Waals surface area contributed by atoms with Crippen LogP contribution in [0.4, 0.5) is 4.79 Å². The van der Waals surface area contributed by atoms with Gasteiger partial charge in [0.25, 0.3) is 11.8 Å². The van der Waals surface area contributed by atoms with E-state index < -0.39 is 5.54 Å². The van der Waals surface area contributed by atoms with Gasteiger partial charge in [0.2, 0.25) is 0 Å². The number of amides is 4. The molecule has 26 heavy (non-hydrogen) atoms. The number of fused-ring (bicyclic) bond motifs is 1. The molecule has 1 spiro atoms. The summed E-state index contributed by atoms with van der Waals surface area (Å²) in [7, 11) is 0. The number of imide groups is 1. The maximum atomic E-state index is 12.5. The molecule has 2 fully saturated rings. The van der Waals surface area contributed by atoms with Crippen molar-refractivity contribution in [1.29, 1.82) is 0 Å². The molecule has 1 saturated carbocycles. The first-order chi connectivity index (χ1) is 12.6. The van der Waals surface area contributed by atoms with Crippen LogP contribution in [0, 0.1) is 0 Å². The van der Waals surface area contributed by atoms with E-state index in [-0.39, 0.29) is 17.8 Å². The standard InChI is InChI=1S/C19H21N3O3S/c23-16(15-12-13-6-1-2-7-14(13)26-15)20-10-5-11-22-17(24)19(21-18(22)25)8-3-4-9-19/h1-2,6-7,12H,3-5,8-11H2,(H,20,23)(H,21,25). The number of nitrogens with one attached hydrogen (secondary N) is 2. The first-order valence-corrected chi connectivity index (χ1v) is 9.82. The topological polar surface area (TPSA) is 78.5 Å². The van der Waals surface area contributed by atoms with Crippen molar-refractivity contribution >= 4 is 39.3 Å². The molecule has 136 valence electrons. The Kier molecular flexibility index (Phi) is 4.40. The average Bonchev–Trinajstić information content (AvgIpc) is 3.32. The number of carbonyl (C=O) groups is 3. The second-order valence-corrected chi connectivity index (χ2v) is 8.02. The molecule has 1 saturated heterocycles. The molecule has 1 aromatic carbocycles. The van der Waals surface area contributed by atoms with Crippen LogP contribution in [0.3, 0.4) is 0 Å². The highest BCUT2D eigenvalue weighted by Crippen LogP contribution is 2.35. The molecule has 1 aromatic heterocycles. The van der Waals surface area contributed by atoms with E-state index in [2.05, 4.69) is 10.6 Å². The van der Waals surface area contributed by atoms with Gasteiger partial charge in [0.1, 0.15) is 5.54 Å². The summed E-state index contributed by atoms with van der Waals surface area (Å²) in [6, 6.07) is 9.47. The number of rotatable bonds is 5. The largest absolute Gasteiger partial charge is 0.351 e. The van der Waals surface area contributed by atoms with Gasteiger partial charge in [-0.1, -0.05) is 31.0 Å². The van der Waals surface area contributed by atoms with E-state index >= 15 is 0 Å². The van der Waals surface area contributed by atoms with Crippen molar-refractivity contribution in [3.63, 3.8) is 0 Å². The Balaban J connectivity index is 1.29. The third kappa shape index (κ3) is 2.96. The smallest absolute Gasteiger partial charge is 0.325 e. The summed E-state index contributed by atoms with van der Waals surface area (Å²) in [5.74, 6) is -0.216. The summed E-state index contributed by atoms with van der Waals surface area (Å²) in [5, 5.41) is 6.81. The van der Waals surface area contributed by atoms with Crippen LogP contribution in [0.25, 0.3) is 10.1 Å². The highest BCUT2D eigenvalue weighted by molar-refractivity contribution is 7.20. The normalized spacial score (nSPS) is 18.7. The summed E-state index contributed by atoms with van der Waals surface area (Å²) in [6.07, 6.45) is 3.97. The fourth-order valence-corrected chi connectivity index (χ4v) is 4.80. The zero-order valence-corrected chi connectivity index (χ0v) is 15.2. The molecule has 1 aliphatic heterocycles. The lowest BCUT2D eigenvalue weighted by Crippen LogP contribution is -2.44. The predicted octanol–water partition coefficient (Wildman–Crippen LogP) is 2.89. The van der Waals surface area contributed by atoms with E-state index in [4.69, 9.17) is 0 Å². The Morgan fingerprint density at radius 1 is 1.23 bits per heavy atom. The first-order valence-electron chi connectivity index (χ1n) is 9.00. The number of thiophene rings is 1. The summed E-state index contributed by atoms with van der Waals surface area (Å²) < 4.78 is 1.08. The molecule has 0 radical (unpaired) electrons. The second kappa shape index (κ2) is 6.72. The molecule has 2 heterocycles. The fourth-order valence-electron chi connectivity index (χ4n) is 3.82. The summed E-state index contributed by atoms with van der Waals surface area (Å²) in [5.41, 5.74) is -0.655. The van der Waals surface area contributed by atoms with Gasteiger partial charge in [-0.25, -0.2) is 4.79 Å². The molecule has 2 aliphatic rings. The van der Waals surface area contributed by atoms with Gasteiger partial charge >= 0.3 is 6.03 Å². The van der Waals surface area contributed by atoms with Gasteiger partial charge in [0.05, 0.1) is 4.88 Å². The van der Waals surface area contributed by atoms with Gasteiger partial charge in [0.15, 0.2) is 0 Å².